The molecule has 128 valence electrons. The van der Waals surface area contributed by atoms with Crippen LogP contribution in [0.1, 0.15) is 36.7 Å². The van der Waals surface area contributed by atoms with Crippen LogP contribution in [0.25, 0.3) is 0 Å². The first-order valence-corrected chi connectivity index (χ1v) is 7.59. The van der Waals surface area contributed by atoms with Gasteiger partial charge in [-0.2, -0.15) is 8.78 Å². The molecule has 0 aliphatic heterocycles. The lowest BCUT2D eigenvalue weighted by Crippen LogP contribution is -2.33. The van der Waals surface area contributed by atoms with E-state index >= 15 is 0 Å². The number of unbranched alkanes of at least 4 members (excludes halogenated alkanes) is 1. The number of benzene rings is 1. The fourth-order valence-corrected chi connectivity index (χ4v) is 2.03. The first-order valence-electron chi connectivity index (χ1n) is 7.59. The molecule has 0 radical (unpaired) electrons. The Morgan fingerprint density at radius 3 is 2.50 bits per heavy atom. The molecule has 24 heavy (non-hydrogen) atoms. The van der Waals surface area contributed by atoms with Crippen LogP contribution in [0.4, 0.5) is 17.6 Å². The number of nitrogens with zero attached hydrogens (tertiary/aromatic N) is 3. The summed E-state index contributed by atoms with van der Waals surface area (Å²) in [7, 11) is 0. The largest absolute Gasteiger partial charge is 0.326 e. The van der Waals surface area contributed by atoms with Gasteiger partial charge in [-0.1, -0.05) is 42.7 Å². The minimum atomic E-state index is -4.18. The summed E-state index contributed by atoms with van der Waals surface area (Å²) in [6.07, 6.45) is -1.60. The van der Waals surface area contributed by atoms with Gasteiger partial charge in [-0.05, 0) is 30.9 Å². The number of alkyl halides is 4. The minimum absolute atomic E-state index is 0.160. The lowest BCUT2D eigenvalue weighted by molar-refractivity contribution is -0.139. The molecule has 0 saturated heterocycles. The standard InChI is InChI=1S/C17H17F4N3/c1-2-3-9-14-15(11-10-13-7-5-4-6-8-13)24(23-22-14)12-17(20,21)16(18)19/h4-8,16H,2-3,9,12H2,1H3. The zero-order chi connectivity index (χ0) is 17.6. The van der Waals surface area contributed by atoms with E-state index in [4.69, 9.17) is 0 Å². The Balaban J connectivity index is 2.35. The summed E-state index contributed by atoms with van der Waals surface area (Å²) < 4.78 is 52.4. The van der Waals surface area contributed by atoms with Crippen LogP contribution in [0, 0.1) is 11.8 Å². The Hall–Kier alpha value is -2.36. The molecule has 1 heterocycles. The Kier molecular flexibility index (Phi) is 5.96. The fourth-order valence-electron chi connectivity index (χ4n) is 2.03. The van der Waals surface area contributed by atoms with E-state index in [2.05, 4.69) is 22.2 Å². The summed E-state index contributed by atoms with van der Waals surface area (Å²) in [6.45, 7) is 0.729. The molecular weight excluding hydrogens is 322 g/mol. The SMILES string of the molecule is CCCCc1nnn(CC(F)(F)C(F)F)c1C#Cc1ccccc1. The van der Waals surface area contributed by atoms with Gasteiger partial charge in [0.05, 0.1) is 5.69 Å². The van der Waals surface area contributed by atoms with Crippen molar-refractivity contribution < 1.29 is 17.6 Å². The fraction of sp³-hybridized carbons (Fsp3) is 0.412. The van der Waals surface area contributed by atoms with E-state index in [-0.39, 0.29) is 5.69 Å². The third-order valence-electron chi connectivity index (χ3n) is 3.35. The third kappa shape index (κ3) is 4.57. The molecule has 0 saturated carbocycles. The average Bonchev–Trinajstić information content (AvgIpc) is 2.93. The summed E-state index contributed by atoms with van der Waals surface area (Å²) >= 11 is 0. The number of aromatic nitrogens is 3. The molecule has 0 unspecified atom stereocenters. The Labute approximate surface area is 137 Å². The van der Waals surface area contributed by atoms with Crippen LogP contribution in [0.15, 0.2) is 30.3 Å². The van der Waals surface area contributed by atoms with Crippen molar-refractivity contribution in [2.45, 2.75) is 45.1 Å². The Bertz CT molecular complexity index is 714. The molecule has 0 bridgehead atoms. The lowest BCUT2D eigenvalue weighted by Gasteiger charge is -2.15. The van der Waals surface area contributed by atoms with Crippen molar-refractivity contribution in [3.8, 4) is 11.8 Å². The van der Waals surface area contributed by atoms with Crippen molar-refractivity contribution in [1.82, 2.24) is 15.0 Å². The number of hydrogen-bond acceptors (Lipinski definition) is 2. The molecule has 0 amide bonds. The van der Waals surface area contributed by atoms with Gasteiger partial charge in [0.25, 0.3) is 0 Å². The van der Waals surface area contributed by atoms with Gasteiger partial charge in [0, 0.05) is 5.56 Å². The topological polar surface area (TPSA) is 30.7 Å². The highest BCUT2D eigenvalue weighted by atomic mass is 19.3. The van der Waals surface area contributed by atoms with Crippen LogP contribution < -0.4 is 0 Å². The van der Waals surface area contributed by atoms with E-state index in [1.807, 2.05) is 13.0 Å². The molecule has 0 aliphatic carbocycles. The van der Waals surface area contributed by atoms with E-state index in [9.17, 15) is 17.6 Å². The van der Waals surface area contributed by atoms with E-state index in [1.54, 1.807) is 24.3 Å². The van der Waals surface area contributed by atoms with Crippen LogP contribution >= 0.6 is 0 Å². The monoisotopic (exact) mass is 339 g/mol. The van der Waals surface area contributed by atoms with Gasteiger partial charge in [0.15, 0.2) is 0 Å². The van der Waals surface area contributed by atoms with Crippen LogP contribution in [-0.4, -0.2) is 27.3 Å². The van der Waals surface area contributed by atoms with Crippen LogP contribution in [0.3, 0.4) is 0 Å². The van der Waals surface area contributed by atoms with Crippen LogP contribution in [-0.2, 0) is 13.0 Å². The smallest absolute Gasteiger partial charge is 0.230 e. The predicted octanol–water partition coefficient (Wildman–Crippen LogP) is 3.92. The Morgan fingerprint density at radius 2 is 1.88 bits per heavy atom. The average molecular weight is 339 g/mol. The van der Waals surface area contributed by atoms with E-state index < -0.39 is 18.9 Å². The highest BCUT2D eigenvalue weighted by molar-refractivity contribution is 5.41. The first-order chi connectivity index (χ1) is 11.4. The quantitative estimate of drug-likeness (QED) is 0.590. The van der Waals surface area contributed by atoms with Gasteiger partial charge in [-0.25, -0.2) is 13.5 Å². The van der Waals surface area contributed by atoms with E-state index in [0.717, 1.165) is 17.5 Å². The van der Waals surface area contributed by atoms with Crippen molar-refractivity contribution in [3.05, 3.63) is 47.3 Å². The van der Waals surface area contributed by atoms with E-state index in [1.165, 1.54) is 0 Å². The van der Waals surface area contributed by atoms with Crippen molar-refractivity contribution >= 4 is 0 Å². The number of halogens is 4. The minimum Gasteiger partial charge on any atom is -0.230 e. The molecule has 0 aliphatic rings. The molecule has 7 heteroatoms. The molecule has 2 aromatic rings. The van der Waals surface area contributed by atoms with Gasteiger partial charge in [0.1, 0.15) is 12.2 Å². The number of aryl methyl sites for hydroxylation is 1. The summed E-state index contributed by atoms with van der Waals surface area (Å²) in [6, 6.07) is 8.94. The maximum absolute atomic E-state index is 13.3. The summed E-state index contributed by atoms with van der Waals surface area (Å²) in [4.78, 5) is 0. The van der Waals surface area contributed by atoms with Crippen molar-refractivity contribution in [2.24, 2.45) is 0 Å². The van der Waals surface area contributed by atoms with Gasteiger partial charge in [-0.15, -0.1) is 5.10 Å². The van der Waals surface area contributed by atoms with Gasteiger partial charge in [0.2, 0.25) is 0 Å². The number of hydrogen-bond donors (Lipinski definition) is 0. The molecule has 2 rings (SSSR count). The molecule has 0 spiro atoms. The van der Waals surface area contributed by atoms with Crippen LogP contribution in [0.5, 0.6) is 0 Å². The summed E-state index contributed by atoms with van der Waals surface area (Å²) in [5.74, 6) is 1.41. The molecule has 0 fully saturated rings. The van der Waals surface area contributed by atoms with Gasteiger partial charge in [-0.3, -0.25) is 0 Å². The zero-order valence-corrected chi connectivity index (χ0v) is 13.1. The normalized spacial score (nSPS) is 11.4. The zero-order valence-electron chi connectivity index (χ0n) is 13.1. The molecular formula is C17H17F4N3. The lowest BCUT2D eigenvalue weighted by atomic mass is 10.1. The van der Waals surface area contributed by atoms with Crippen molar-refractivity contribution in [2.75, 3.05) is 0 Å². The molecule has 3 nitrogen and oxygen atoms in total. The van der Waals surface area contributed by atoms with Crippen molar-refractivity contribution in [1.29, 1.82) is 0 Å². The Morgan fingerprint density at radius 1 is 1.17 bits per heavy atom. The van der Waals surface area contributed by atoms with Crippen molar-refractivity contribution in [3.63, 3.8) is 0 Å². The second-order valence-corrected chi connectivity index (χ2v) is 5.32. The molecule has 1 aromatic carbocycles. The maximum atomic E-state index is 13.3. The van der Waals surface area contributed by atoms with Gasteiger partial charge < -0.3 is 0 Å². The van der Waals surface area contributed by atoms with E-state index in [0.29, 0.717) is 17.7 Å². The first kappa shape index (κ1) is 18.0. The van der Waals surface area contributed by atoms with Gasteiger partial charge >= 0.3 is 12.3 Å². The number of rotatable bonds is 6. The summed E-state index contributed by atoms with van der Waals surface area (Å²) in [5, 5.41) is 7.44. The predicted molar refractivity (Wildman–Crippen MR) is 82.0 cm³/mol. The third-order valence-corrected chi connectivity index (χ3v) is 3.35. The summed E-state index contributed by atoms with van der Waals surface area (Å²) in [5.41, 5.74) is 1.30. The maximum Gasteiger partial charge on any atom is 0.326 e. The second kappa shape index (κ2) is 7.95. The molecule has 0 N–H and O–H groups in total. The molecule has 0 atom stereocenters. The van der Waals surface area contributed by atoms with Crippen LogP contribution in [0.2, 0.25) is 0 Å². The second-order valence-electron chi connectivity index (χ2n) is 5.32. The highest BCUT2D eigenvalue weighted by Gasteiger charge is 2.42. The molecule has 1 aromatic heterocycles. The highest BCUT2D eigenvalue weighted by Crippen LogP contribution is 2.25.